The molecule has 1 amide bonds. The summed E-state index contributed by atoms with van der Waals surface area (Å²) in [6, 6.07) is 0. The van der Waals surface area contributed by atoms with E-state index in [2.05, 4.69) is 17.6 Å². The molecule has 0 aromatic carbocycles. The molecule has 3 nitrogen and oxygen atoms in total. The van der Waals surface area contributed by atoms with Crippen LogP contribution in [-0.4, -0.2) is 25.5 Å². The van der Waals surface area contributed by atoms with E-state index in [0.717, 1.165) is 37.4 Å². The zero-order valence-corrected chi connectivity index (χ0v) is 11.2. The maximum absolute atomic E-state index is 11.9. The van der Waals surface area contributed by atoms with Gasteiger partial charge < -0.3 is 10.6 Å². The van der Waals surface area contributed by atoms with Gasteiger partial charge >= 0.3 is 0 Å². The van der Waals surface area contributed by atoms with Crippen molar-refractivity contribution in [3.63, 3.8) is 0 Å². The Morgan fingerprint density at radius 1 is 1.18 bits per heavy atom. The van der Waals surface area contributed by atoms with Crippen molar-refractivity contribution < 1.29 is 4.79 Å². The number of carbonyl (C=O) groups is 1. The summed E-state index contributed by atoms with van der Waals surface area (Å²) in [5.41, 5.74) is 0. The minimum Gasteiger partial charge on any atom is -0.356 e. The first kappa shape index (κ1) is 12.9. The predicted molar refractivity (Wildman–Crippen MR) is 69.7 cm³/mol. The van der Waals surface area contributed by atoms with Crippen LogP contribution >= 0.6 is 0 Å². The van der Waals surface area contributed by atoms with Crippen molar-refractivity contribution in [2.75, 3.05) is 19.6 Å². The van der Waals surface area contributed by atoms with E-state index < -0.39 is 0 Å². The SMILES string of the molecule is CCNCC(C)C(=O)NCC(C1CC1)C1CC1. The Morgan fingerprint density at radius 3 is 2.24 bits per heavy atom. The number of hydrogen-bond donors (Lipinski definition) is 2. The molecule has 0 aromatic rings. The topological polar surface area (TPSA) is 41.1 Å². The fourth-order valence-electron chi connectivity index (χ4n) is 2.61. The molecule has 2 saturated carbocycles. The molecule has 1 unspecified atom stereocenters. The van der Waals surface area contributed by atoms with Gasteiger partial charge in [0.15, 0.2) is 0 Å². The predicted octanol–water partition coefficient (Wildman–Crippen LogP) is 1.78. The summed E-state index contributed by atoms with van der Waals surface area (Å²) in [6.07, 6.45) is 5.57. The number of carbonyl (C=O) groups excluding carboxylic acids is 1. The van der Waals surface area contributed by atoms with E-state index in [1.807, 2.05) is 6.92 Å². The minimum atomic E-state index is 0.0917. The highest BCUT2D eigenvalue weighted by atomic mass is 16.1. The van der Waals surface area contributed by atoms with Gasteiger partial charge in [-0.25, -0.2) is 0 Å². The molecule has 0 heterocycles. The minimum absolute atomic E-state index is 0.0917. The van der Waals surface area contributed by atoms with Crippen LogP contribution in [0, 0.1) is 23.7 Å². The van der Waals surface area contributed by atoms with Crippen LogP contribution in [0.3, 0.4) is 0 Å². The summed E-state index contributed by atoms with van der Waals surface area (Å²) < 4.78 is 0. The third-order valence-electron chi connectivity index (χ3n) is 4.12. The Balaban J connectivity index is 1.67. The Morgan fingerprint density at radius 2 is 1.76 bits per heavy atom. The smallest absolute Gasteiger partial charge is 0.224 e. The highest BCUT2D eigenvalue weighted by Crippen LogP contribution is 2.48. The van der Waals surface area contributed by atoms with Gasteiger partial charge in [-0.3, -0.25) is 4.79 Å². The molecule has 98 valence electrons. The molecule has 3 heteroatoms. The van der Waals surface area contributed by atoms with Crippen LogP contribution < -0.4 is 10.6 Å². The van der Waals surface area contributed by atoms with Crippen molar-refractivity contribution in [3.8, 4) is 0 Å². The van der Waals surface area contributed by atoms with Crippen molar-refractivity contribution >= 4 is 5.91 Å². The van der Waals surface area contributed by atoms with E-state index in [9.17, 15) is 4.79 Å². The second kappa shape index (κ2) is 5.85. The molecular formula is C14H26N2O. The average Bonchev–Trinajstić information content (AvgIpc) is 3.15. The second-order valence-corrected chi connectivity index (χ2v) is 5.79. The van der Waals surface area contributed by atoms with Crippen molar-refractivity contribution in [1.82, 2.24) is 10.6 Å². The van der Waals surface area contributed by atoms with Gasteiger partial charge in [-0.15, -0.1) is 0 Å². The van der Waals surface area contributed by atoms with Crippen molar-refractivity contribution in [2.24, 2.45) is 23.7 Å². The monoisotopic (exact) mass is 238 g/mol. The second-order valence-electron chi connectivity index (χ2n) is 5.79. The lowest BCUT2D eigenvalue weighted by molar-refractivity contribution is -0.124. The van der Waals surface area contributed by atoms with Gasteiger partial charge in [0, 0.05) is 19.0 Å². The average molecular weight is 238 g/mol. The summed E-state index contributed by atoms with van der Waals surface area (Å²) in [4.78, 5) is 11.9. The quantitative estimate of drug-likeness (QED) is 0.677. The normalized spacial score (nSPS) is 21.6. The van der Waals surface area contributed by atoms with E-state index in [0.29, 0.717) is 0 Å². The Hall–Kier alpha value is -0.570. The van der Waals surface area contributed by atoms with Crippen molar-refractivity contribution in [3.05, 3.63) is 0 Å². The van der Waals surface area contributed by atoms with E-state index in [1.165, 1.54) is 25.7 Å². The molecule has 1 atom stereocenters. The molecular weight excluding hydrogens is 212 g/mol. The first-order valence-electron chi connectivity index (χ1n) is 7.20. The molecule has 0 bridgehead atoms. The van der Waals surface area contributed by atoms with Crippen LogP contribution in [0.2, 0.25) is 0 Å². The Labute approximate surface area is 105 Å². The van der Waals surface area contributed by atoms with Gasteiger partial charge in [-0.1, -0.05) is 13.8 Å². The van der Waals surface area contributed by atoms with Gasteiger partial charge in [0.1, 0.15) is 0 Å². The van der Waals surface area contributed by atoms with Gasteiger partial charge in [0.05, 0.1) is 0 Å². The zero-order chi connectivity index (χ0) is 12.3. The molecule has 0 spiro atoms. The lowest BCUT2D eigenvalue weighted by Crippen LogP contribution is -2.38. The molecule has 0 saturated heterocycles. The molecule has 0 aromatic heterocycles. The van der Waals surface area contributed by atoms with Gasteiger partial charge in [0.25, 0.3) is 0 Å². The molecule has 2 N–H and O–H groups in total. The number of hydrogen-bond acceptors (Lipinski definition) is 2. The Bertz CT molecular complexity index is 247. The molecule has 2 aliphatic rings. The van der Waals surface area contributed by atoms with E-state index in [4.69, 9.17) is 0 Å². The van der Waals surface area contributed by atoms with Crippen LogP contribution in [0.4, 0.5) is 0 Å². The fourth-order valence-corrected chi connectivity index (χ4v) is 2.61. The first-order valence-corrected chi connectivity index (χ1v) is 7.20. The third-order valence-corrected chi connectivity index (χ3v) is 4.12. The number of amides is 1. The van der Waals surface area contributed by atoms with Crippen molar-refractivity contribution in [2.45, 2.75) is 39.5 Å². The third kappa shape index (κ3) is 3.98. The lowest BCUT2D eigenvalue weighted by Gasteiger charge is -2.18. The molecule has 2 rings (SSSR count). The van der Waals surface area contributed by atoms with Crippen LogP contribution in [0.1, 0.15) is 39.5 Å². The number of rotatable bonds is 8. The van der Waals surface area contributed by atoms with E-state index in [1.54, 1.807) is 0 Å². The first-order chi connectivity index (χ1) is 8.22. The summed E-state index contributed by atoms with van der Waals surface area (Å²) in [7, 11) is 0. The largest absolute Gasteiger partial charge is 0.356 e. The summed E-state index contributed by atoms with van der Waals surface area (Å²) in [5, 5.41) is 6.38. The fraction of sp³-hybridized carbons (Fsp3) is 0.929. The van der Waals surface area contributed by atoms with Crippen LogP contribution in [-0.2, 0) is 4.79 Å². The van der Waals surface area contributed by atoms with E-state index in [-0.39, 0.29) is 11.8 Å². The summed E-state index contributed by atoms with van der Waals surface area (Å²) >= 11 is 0. The Kier molecular flexibility index (Phi) is 4.43. The zero-order valence-electron chi connectivity index (χ0n) is 11.2. The van der Waals surface area contributed by atoms with E-state index >= 15 is 0 Å². The van der Waals surface area contributed by atoms with Gasteiger partial charge in [-0.05, 0) is 50.0 Å². The standard InChI is InChI=1S/C14H26N2O/c1-3-15-8-10(2)14(17)16-9-13(11-4-5-11)12-6-7-12/h10-13,15H,3-9H2,1-2H3,(H,16,17). The van der Waals surface area contributed by atoms with Crippen LogP contribution in [0.15, 0.2) is 0 Å². The lowest BCUT2D eigenvalue weighted by atomic mass is 9.97. The maximum Gasteiger partial charge on any atom is 0.224 e. The highest BCUT2D eigenvalue weighted by Gasteiger charge is 2.41. The molecule has 17 heavy (non-hydrogen) atoms. The highest BCUT2D eigenvalue weighted by molar-refractivity contribution is 5.78. The van der Waals surface area contributed by atoms with Crippen LogP contribution in [0.25, 0.3) is 0 Å². The summed E-state index contributed by atoms with van der Waals surface area (Å²) in [6.45, 7) is 6.72. The molecule has 2 aliphatic carbocycles. The van der Waals surface area contributed by atoms with Gasteiger partial charge in [-0.2, -0.15) is 0 Å². The van der Waals surface area contributed by atoms with Gasteiger partial charge in [0.2, 0.25) is 5.91 Å². The van der Waals surface area contributed by atoms with Crippen LogP contribution in [0.5, 0.6) is 0 Å². The number of nitrogens with one attached hydrogen (secondary N) is 2. The summed E-state index contributed by atoms with van der Waals surface area (Å²) in [5.74, 6) is 2.94. The molecule has 0 radical (unpaired) electrons. The molecule has 0 aliphatic heterocycles. The van der Waals surface area contributed by atoms with Crippen molar-refractivity contribution in [1.29, 1.82) is 0 Å². The maximum atomic E-state index is 11.9. The molecule has 2 fully saturated rings.